The third-order valence-corrected chi connectivity index (χ3v) is 4.33. The van der Waals surface area contributed by atoms with Gasteiger partial charge in [-0.05, 0) is 64.4 Å². The molecule has 0 aliphatic carbocycles. The molecule has 0 atom stereocenters. The number of aromatic hydroxyl groups is 1. The molecule has 0 aliphatic heterocycles. The summed E-state index contributed by atoms with van der Waals surface area (Å²) < 4.78 is 0.684. The van der Waals surface area contributed by atoms with Gasteiger partial charge in [0.25, 0.3) is 0 Å². The van der Waals surface area contributed by atoms with E-state index in [1.807, 2.05) is 24.3 Å². The molecule has 0 amide bonds. The smallest absolute Gasteiger partial charge is 0.156 e. The molecule has 24 heavy (non-hydrogen) atoms. The Kier molecular flexibility index (Phi) is 5.29. The molecule has 2 N–H and O–H groups in total. The van der Waals surface area contributed by atoms with Gasteiger partial charge in [0.15, 0.2) is 5.75 Å². The van der Waals surface area contributed by atoms with Gasteiger partial charge in [0.2, 0.25) is 0 Å². The first-order valence-corrected chi connectivity index (χ1v) is 8.34. The van der Waals surface area contributed by atoms with Crippen LogP contribution in [0.15, 0.2) is 30.3 Å². The standard InChI is InChI=1S/C16H16IN3O4/c1-23-24-9-11-2-3-13-14(7-11)19-20(18-13)15-8-10(4-5-21)6-12(17)16(15)22/h2-3,6-8,21-22H,4-5,9H2,1H3. The van der Waals surface area contributed by atoms with Crippen LogP contribution in [0.2, 0.25) is 0 Å². The van der Waals surface area contributed by atoms with Gasteiger partial charge < -0.3 is 10.2 Å². The van der Waals surface area contributed by atoms with Gasteiger partial charge in [-0.1, -0.05) is 6.07 Å². The van der Waals surface area contributed by atoms with Crippen molar-refractivity contribution in [2.45, 2.75) is 13.0 Å². The highest BCUT2D eigenvalue weighted by atomic mass is 127. The highest BCUT2D eigenvalue weighted by Gasteiger charge is 2.13. The maximum Gasteiger partial charge on any atom is 0.156 e. The zero-order valence-electron chi connectivity index (χ0n) is 12.9. The Morgan fingerprint density at radius 3 is 2.67 bits per heavy atom. The number of aliphatic hydroxyl groups is 1. The molecular weight excluding hydrogens is 425 g/mol. The molecule has 2 aromatic carbocycles. The Hall–Kier alpha value is -1.75. The van der Waals surface area contributed by atoms with Gasteiger partial charge in [-0.25, -0.2) is 9.78 Å². The van der Waals surface area contributed by atoms with Crippen LogP contribution in [0.5, 0.6) is 5.75 Å². The summed E-state index contributed by atoms with van der Waals surface area (Å²) in [7, 11) is 1.46. The minimum absolute atomic E-state index is 0.0394. The second kappa shape index (κ2) is 7.43. The average molecular weight is 441 g/mol. The maximum atomic E-state index is 10.3. The van der Waals surface area contributed by atoms with Crippen molar-refractivity contribution >= 4 is 33.6 Å². The van der Waals surface area contributed by atoms with Crippen molar-refractivity contribution in [3.63, 3.8) is 0 Å². The lowest BCUT2D eigenvalue weighted by Gasteiger charge is -2.08. The minimum atomic E-state index is 0.0394. The predicted octanol–water partition coefficient (Wildman–Crippen LogP) is 2.34. The second-order valence-corrected chi connectivity index (χ2v) is 6.32. The van der Waals surface area contributed by atoms with Gasteiger partial charge in [0, 0.05) is 6.61 Å². The molecule has 1 heterocycles. The van der Waals surface area contributed by atoms with Gasteiger partial charge in [0.1, 0.15) is 23.3 Å². The van der Waals surface area contributed by atoms with E-state index in [0.29, 0.717) is 33.3 Å². The molecule has 0 spiro atoms. The summed E-state index contributed by atoms with van der Waals surface area (Å²) in [5, 5.41) is 28.3. The number of hydrogen-bond acceptors (Lipinski definition) is 6. The number of aliphatic hydroxyl groups excluding tert-OH is 1. The van der Waals surface area contributed by atoms with Gasteiger partial charge in [0.05, 0.1) is 10.7 Å². The molecule has 7 nitrogen and oxygen atoms in total. The molecule has 0 saturated heterocycles. The summed E-state index contributed by atoms with van der Waals surface area (Å²) in [6.45, 7) is 0.353. The molecular formula is C16H16IN3O4. The first-order valence-electron chi connectivity index (χ1n) is 7.26. The summed E-state index contributed by atoms with van der Waals surface area (Å²) in [5.41, 5.74) is 3.69. The molecule has 0 unspecified atom stereocenters. The lowest BCUT2D eigenvalue weighted by Crippen LogP contribution is -2.02. The quantitative estimate of drug-likeness (QED) is 0.347. The Bertz CT molecular complexity index is 866. The molecule has 3 rings (SSSR count). The number of fused-ring (bicyclic) bond motifs is 1. The lowest BCUT2D eigenvalue weighted by molar-refractivity contribution is -0.282. The highest BCUT2D eigenvalue weighted by Crippen LogP contribution is 2.29. The van der Waals surface area contributed by atoms with E-state index in [0.717, 1.165) is 11.1 Å². The Labute approximate surface area is 151 Å². The van der Waals surface area contributed by atoms with E-state index < -0.39 is 0 Å². The summed E-state index contributed by atoms with van der Waals surface area (Å²) in [4.78, 5) is 10.9. The van der Waals surface area contributed by atoms with Crippen molar-refractivity contribution < 1.29 is 20.0 Å². The predicted molar refractivity (Wildman–Crippen MR) is 95.8 cm³/mol. The summed E-state index contributed by atoms with van der Waals surface area (Å²) in [5.74, 6) is 0.112. The van der Waals surface area contributed by atoms with Crippen LogP contribution in [0.4, 0.5) is 0 Å². The Balaban J connectivity index is 2.03. The highest BCUT2D eigenvalue weighted by molar-refractivity contribution is 14.1. The van der Waals surface area contributed by atoms with Crippen molar-refractivity contribution in [1.82, 2.24) is 15.0 Å². The number of rotatable bonds is 6. The van der Waals surface area contributed by atoms with E-state index in [-0.39, 0.29) is 12.4 Å². The second-order valence-electron chi connectivity index (χ2n) is 5.16. The molecule has 0 bridgehead atoms. The van der Waals surface area contributed by atoms with E-state index >= 15 is 0 Å². The van der Waals surface area contributed by atoms with Crippen LogP contribution in [0, 0.1) is 3.57 Å². The Morgan fingerprint density at radius 2 is 1.92 bits per heavy atom. The molecule has 1 aromatic heterocycles. The van der Waals surface area contributed by atoms with Crippen molar-refractivity contribution in [1.29, 1.82) is 0 Å². The van der Waals surface area contributed by atoms with Crippen LogP contribution < -0.4 is 0 Å². The van der Waals surface area contributed by atoms with E-state index in [1.165, 1.54) is 11.9 Å². The first-order chi connectivity index (χ1) is 11.6. The topological polar surface area (TPSA) is 89.6 Å². The fourth-order valence-electron chi connectivity index (χ4n) is 2.35. The third kappa shape index (κ3) is 3.51. The fourth-order valence-corrected chi connectivity index (χ4v) is 3.03. The SMILES string of the molecule is COOCc1ccc2nn(-c3cc(CCO)cc(I)c3O)nc2c1. The van der Waals surface area contributed by atoms with Crippen molar-refractivity contribution in [3.8, 4) is 11.4 Å². The molecule has 3 aromatic rings. The molecule has 8 heteroatoms. The first kappa shape index (κ1) is 17.1. The van der Waals surface area contributed by atoms with Crippen LogP contribution in [-0.4, -0.2) is 38.9 Å². The van der Waals surface area contributed by atoms with Crippen LogP contribution in [0.3, 0.4) is 0 Å². The maximum absolute atomic E-state index is 10.3. The van der Waals surface area contributed by atoms with Crippen molar-refractivity contribution in [2.75, 3.05) is 13.7 Å². The van der Waals surface area contributed by atoms with Crippen molar-refractivity contribution in [2.24, 2.45) is 0 Å². The molecule has 0 aliphatic rings. The number of phenolic OH excluding ortho intramolecular Hbond substituents is 1. The number of aromatic nitrogens is 3. The van der Waals surface area contributed by atoms with Gasteiger partial charge >= 0.3 is 0 Å². The van der Waals surface area contributed by atoms with Crippen molar-refractivity contribution in [3.05, 3.63) is 45.0 Å². The zero-order valence-corrected chi connectivity index (χ0v) is 15.1. The normalized spacial score (nSPS) is 11.3. The van der Waals surface area contributed by atoms with E-state index in [4.69, 9.17) is 9.99 Å². The Morgan fingerprint density at radius 1 is 1.12 bits per heavy atom. The summed E-state index contributed by atoms with van der Waals surface area (Å²) >= 11 is 2.05. The number of halogens is 1. The van der Waals surface area contributed by atoms with Gasteiger partial charge in [-0.3, -0.25) is 0 Å². The van der Waals surface area contributed by atoms with Crippen LogP contribution in [0.1, 0.15) is 11.1 Å². The van der Waals surface area contributed by atoms with E-state index in [9.17, 15) is 5.11 Å². The van der Waals surface area contributed by atoms with Crippen LogP contribution in [0.25, 0.3) is 16.7 Å². The van der Waals surface area contributed by atoms with Crippen LogP contribution >= 0.6 is 22.6 Å². The monoisotopic (exact) mass is 441 g/mol. The average Bonchev–Trinajstić information content (AvgIpc) is 2.99. The van der Waals surface area contributed by atoms with Gasteiger partial charge in [-0.15, -0.1) is 15.0 Å². The molecule has 0 saturated carbocycles. The molecule has 126 valence electrons. The molecule has 0 fully saturated rings. The van der Waals surface area contributed by atoms with E-state index in [2.05, 4.69) is 37.7 Å². The van der Waals surface area contributed by atoms with E-state index in [1.54, 1.807) is 6.07 Å². The number of hydrogen-bond donors (Lipinski definition) is 2. The number of phenols is 1. The summed E-state index contributed by atoms with van der Waals surface area (Å²) in [6, 6.07) is 9.19. The summed E-state index contributed by atoms with van der Waals surface area (Å²) in [6.07, 6.45) is 0.503. The molecule has 0 radical (unpaired) electrons. The van der Waals surface area contributed by atoms with Crippen LogP contribution in [-0.2, 0) is 22.8 Å². The largest absolute Gasteiger partial charge is 0.505 e. The third-order valence-electron chi connectivity index (χ3n) is 3.51. The number of benzene rings is 2. The fraction of sp³-hybridized carbons (Fsp3) is 0.250. The minimum Gasteiger partial charge on any atom is -0.505 e. The zero-order chi connectivity index (χ0) is 17.1. The van der Waals surface area contributed by atoms with Gasteiger partial charge in [-0.2, -0.15) is 0 Å². The lowest BCUT2D eigenvalue weighted by atomic mass is 10.1. The number of nitrogens with zero attached hydrogens (tertiary/aromatic N) is 3.